The number of nitrogens with two attached hydrogens (primary N) is 1. The van der Waals surface area contributed by atoms with Crippen molar-refractivity contribution in [3.05, 3.63) is 33.6 Å². The van der Waals surface area contributed by atoms with Crippen LogP contribution in [0.1, 0.15) is 36.4 Å². The van der Waals surface area contributed by atoms with E-state index in [2.05, 4.69) is 26.1 Å². The summed E-state index contributed by atoms with van der Waals surface area (Å²) in [5, 5.41) is 3.99. The van der Waals surface area contributed by atoms with Crippen molar-refractivity contribution in [2.75, 3.05) is 0 Å². The molecule has 0 spiro atoms. The molecule has 0 fully saturated rings. The lowest BCUT2D eigenvalue weighted by Gasteiger charge is -2.04. The van der Waals surface area contributed by atoms with Crippen LogP contribution in [0.15, 0.2) is 21.1 Å². The Bertz CT molecular complexity index is 542. The largest absolute Gasteiger partial charge is 0.337 e. The zero-order valence-electron chi connectivity index (χ0n) is 10.7. The van der Waals surface area contributed by atoms with Crippen molar-refractivity contribution in [1.29, 1.82) is 0 Å². The molecule has 5 heteroatoms. The summed E-state index contributed by atoms with van der Waals surface area (Å²) >= 11 is 3.54. The third kappa shape index (κ3) is 2.47. The molecular formula is C13H16BrN3O. The predicted octanol–water partition coefficient (Wildman–Crippen LogP) is 3.53. The summed E-state index contributed by atoms with van der Waals surface area (Å²) in [7, 11) is 0. The number of benzene rings is 1. The molecule has 1 atom stereocenters. The first-order valence-electron chi connectivity index (χ1n) is 5.89. The summed E-state index contributed by atoms with van der Waals surface area (Å²) in [6.07, 6.45) is 0.778. The minimum absolute atomic E-state index is 0.191. The molecule has 4 nitrogen and oxygen atoms in total. The molecule has 1 aromatic heterocycles. The molecule has 0 bridgehead atoms. The highest BCUT2D eigenvalue weighted by Crippen LogP contribution is 2.27. The van der Waals surface area contributed by atoms with Crippen LogP contribution in [0.5, 0.6) is 0 Å². The Morgan fingerprint density at radius 2 is 1.94 bits per heavy atom. The van der Waals surface area contributed by atoms with Crippen LogP contribution in [0.25, 0.3) is 11.4 Å². The van der Waals surface area contributed by atoms with E-state index >= 15 is 0 Å². The second-order valence-corrected chi connectivity index (χ2v) is 5.19. The standard InChI is InChI=1S/C13H16BrN3O/c1-4-10(15)13-16-12(17-18-13)9-5-7(2)11(14)8(3)6-9/h5-6,10H,4,15H2,1-3H3/t10-/m0/s1. The van der Waals surface area contributed by atoms with E-state index in [1.165, 1.54) is 0 Å². The van der Waals surface area contributed by atoms with Crippen molar-refractivity contribution in [1.82, 2.24) is 10.1 Å². The number of aryl methyl sites for hydroxylation is 2. The summed E-state index contributed by atoms with van der Waals surface area (Å²) in [5.41, 5.74) is 9.11. The molecule has 0 amide bonds. The second-order valence-electron chi connectivity index (χ2n) is 4.39. The first-order valence-corrected chi connectivity index (χ1v) is 6.68. The number of hydrogen-bond donors (Lipinski definition) is 1. The van der Waals surface area contributed by atoms with Crippen LogP contribution < -0.4 is 5.73 Å². The van der Waals surface area contributed by atoms with Crippen molar-refractivity contribution in [3.8, 4) is 11.4 Å². The van der Waals surface area contributed by atoms with Gasteiger partial charge in [-0.15, -0.1) is 0 Å². The molecule has 0 radical (unpaired) electrons. The van der Waals surface area contributed by atoms with Gasteiger partial charge in [-0.1, -0.05) is 28.0 Å². The Morgan fingerprint density at radius 3 is 2.50 bits per heavy atom. The molecular weight excluding hydrogens is 294 g/mol. The first kappa shape index (κ1) is 13.2. The van der Waals surface area contributed by atoms with E-state index in [1.807, 2.05) is 32.9 Å². The molecule has 2 rings (SSSR count). The average Bonchev–Trinajstić information content (AvgIpc) is 2.84. The van der Waals surface area contributed by atoms with E-state index in [0.717, 1.165) is 27.6 Å². The third-order valence-corrected chi connectivity index (χ3v) is 4.14. The highest BCUT2D eigenvalue weighted by Gasteiger charge is 2.15. The predicted molar refractivity (Wildman–Crippen MR) is 74.1 cm³/mol. The van der Waals surface area contributed by atoms with Gasteiger partial charge in [-0.25, -0.2) is 0 Å². The van der Waals surface area contributed by atoms with Crippen LogP contribution in [0.2, 0.25) is 0 Å². The molecule has 1 heterocycles. The van der Waals surface area contributed by atoms with E-state index in [4.69, 9.17) is 10.3 Å². The Morgan fingerprint density at radius 1 is 1.33 bits per heavy atom. The van der Waals surface area contributed by atoms with Crippen molar-refractivity contribution < 1.29 is 4.52 Å². The summed E-state index contributed by atoms with van der Waals surface area (Å²) in [6, 6.07) is 3.87. The highest BCUT2D eigenvalue weighted by molar-refractivity contribution is 9.10. The average molecular weight is 310 g/mol. The van der Waals surface area contributed by atoms with Gasteiger partial charge in [-0.3, -0.25) is 0 Å². The van der Waals surface area contributed by atoms with Crippen LogP contribution in [0.4, 0.5) is 0 Å². The van der Waals surface area contributed by atoms with Crippen LogP contribution >= 0.6 is 15.9 Å². The van der Waals surface area contributed by atoms with E-state index in [9.17, 15) is 0 Å². The maximum absolute atomic E-state index is 5.87. The lowest BCUT2D eigenvalue weighted by molar-refractivity contribution is 0.352. The molecule has 0 aliphatic carbocycles. The van der Waals surface area contributed by atoms with E-state index in [-0.39, 0.29) is 6.04 Å². The maximum atomic E-state index is 5.87. The lowest BCUT2D eigenvalue weighted by Crippen LogP contribution is -2.08. The quantitative estimate of drug-likeness (QED) is 0.942. The first-order chi connectivity index (χ1) is 8.52. The van der Waals surface area contributed by atoms with E-state index in [0.29, 0.717) is 11.7 Å². The molecule has 0 unspecified atom stereocenters. The fraction of sp³-hybridized carbons (Fsp3) is 0.385. The molecule has 0 aliphatic heterocycles. The third-order valence-electron chi connectivity index (χ3n) is 2.89. The normalized spacial score (nSPS) is 12.7. The van der Waals surface area contributed by atoms with E-state index < -0.39 is 0 Å². The molecule has 96 valence electrons. The number of aromatic nitrogens is 2. The lowest BCUT2D eigenvalue weighted by atomic mass is 10.1. The monoisotopic (exact) mass is 309 g/mol. The second kappa shape index (κ2) is 5.20. The highest BCUT2D eigenvalue weighted by atomic mass is 79.9. The maximum Gasteiger partial charge on any atom is 0.243 e. The van der Waals surface area contributed by atoms with Crippen molar-refractivity contribution in [3.63, 3.8) is 0 Å². The van der Waals surface area contributed by atoms with Gasteiger partial charge >= 0.3 is 0 Å². The van der Waals surface area contributed by atoms with Gasteiger partial charge in [0.1, 0.15) is 0 Å². The van der Waals surface area contributed by atoms with Crippen LogP contribution in [-0.4, -0.2) is 10.1 Å². The van der Waals surface area contributed by atoms with Gasteiger partial charge in [0.25, 0.3) is 0 Å². The van der Waals surface area contributed by atoms with Gasteiger partial charge in [0.2, 0.25) is 11.7 Å². The summed E-state index contributed by atoms with van der Waals surface area (Å²) in [6.45, 7) is 6.07. The minimum Gasteiger partial charge on any atom is -0.337 e. The number of halogens is 1. The summed E-state index contributed by atoms with van der Waals surface area (Å²) in [4.78, 5) is 4.35. The van der Waals surface area contributed by atoms with Gasteiger partial charge in [0, 0.05) is 10.0 Å². The summed E-state index contributed by atoms with van der Waals surface area (Å²) in [5.74, 6) is 1.08. The fourth-order valence-electron chi connectivity index (χ4n) is 1.75. The number of hydrogen-bond acceptors (Lipinski definition) is 4. The van der Waals surface area contributed by atoms with Crippen molar-refractivity contribution >= 4 is 15.9 Å². The minimum atomic E-state index is -0.191. The Kier molecular flexibility index (Phi) is 3.82. The number of nitrogens with zero attached hydrogens (tertiary/aromatic N) is 2. The van der Waals surface area contributed by atoms with Gasteiger partial charge in [0.15, 0.2) is 0 Å². The molecule has 1 aromatic carbocycles. The van der Waals surface area contributed by atoms with Crippen LogP contribution in [0, 0.1) is 13.8 Å². The van der Waals surface area contributed by atoms with Gasteiger partial charge in [0.05, 0.1) is 6.04 Å². The van der Waals surface area contributed by atoms with Crippen molar-refractivity contribution in [2.45, 2.75) is 33.2 Å². The molecule has 18 heavy (non-hydrogen) atoms. The molecule has 0 aliphatic rings. The van der Waals surface area contributed by atoms with Gasteiger partial charge in [-0.2, -0.15) is 4.98 Å². The Labute approximate surface area is 115 Å². The molecule has 2 N–H and O–H groups in total. The van der Waals surface area contributed by atoms with Crippen LogP contribution in [0.3, 0.4) is 0 Å². The zero-order chi connectivity index (χ0) is 13.3. The molecule has 0 saturated heterocycles. The van der Waals surface area contributed by atoms with Gasteiger partial charge in [-0.05, 0) is 43.5 Å². The zero-order valence-corrected chi connectivity index (χ0v) is 12.3. The fourth-order valence-corrected chi connectivity index (χ4v) is 1.98. The molecule has 2 aromatic rings. The SMILES string of the molecule is CC[C@H](N)c1nc(-c2cc(C)c(Br)c(C)c2)no1. The van der Waals surface area contributed by atoms with Crippen molar-refractivity contribution in [2.24, 2.45) is 5.73 Å². The van der Waals surface area contributed by atoms with E-state index in [1.54, 1.807) is 0 Å². The Balaban J connectivity index is 2.40. The van der Waals surface area contributed by atoms with Crippen LogP contribution in [-0.2, 0) is 0 Å². The Hall–Kier alpha value is -1.20. The smallest absolute Gasteiger partial charge is 0.243 e. The number of rotatable bonds is 3. The van der Waals surface area contributed by atoms with Gasteiger partial charge < -0.3 is 10.3 Å². The topological polar surface area (TPSA) is 64.9 Å². The summed E-state index contributed by atoms with van der Waals surface area (Å²) < 4.78 is 6.30. The molecule has 0 saturated carbocycles.